The Morgan fingerprint density at radius 3 is 2.44 bits per heavy atom. The Balaban J connectivity index is 1.72. The van der Waals surface area contributed by atoms with E-state index in [-0.39, 0.29) is 18.5 Å². The molecule has 3 rings (SSSR count). The molecular formula is C19H24N4O2. The van der Waals surface area contributed by atoms with Gasteiger partial charge >= 0.3 is 0 Å². The lowest BCUT2D eigenvalue weighted by Crippen LogP contribution is -2.36. The molecule has 1 aliphatic rings. The van der Waals surface area contributed by atoms with Crippen LogP contribution in [0.15, 0.2) is 36.5 Å². The van der Waals surface area contributed by atoms with Crippen LogP contribution in [0.1, 0.15) is 48.9 Å². The van der Waals surface area contributed by atoms with Crippen LogP contribution in [-0.2, 0) is 11.3 Å². The maximum Gasteiger partial charge on any atom is 0.252 e. The fourth-order valence-electron chi connectivity index (χ4n) is 3.34. The molecule has 6 heteroatoms. The second-order valence-corrected chi connectivity index (χ2v) is 6.58. The number of nitrogens with one attached hydrogen (secondary N) is 1. The number of primary amides is 1. The van der Waals surface area contributed by atoms with Gasteiger partial charge in [-0.05, 0) is 12.8 Å². The van der Waals surface area contributed by atoms with Crippen molar-refractivity contribution in [3.63, 3.8) is 0 Å². The molecule has 0 bridgehead atoms. The van der Waals surface area contributed by atoms with Gasteiger partial charge in [0, 0.05) is 17.8 Å². The highest BCUT2D eigenvalue weighted by atomic mass is 16.2. The van der Waals surface area contributed by atoms with E-state index in [9.17, 15) is 9.59 Å². The lowest BCUT2D eigenvalue weighted by molar-refractivity contribution is -0.122. The maximum absolute atomic E-state index is 12.3. The van der Waals surface area contributed by atoms with Gasteiger partial charge in [-0.25, -0.2) is 0 Å². The van der Waals surface area contributed by atoms with E-state index in [4.69, 9.17) is 5.73 Å². The number of carbonyl (C=O) groups excluding carboxylic acids is 2. The Bertz CT molecular complexity index is 731. The second-order valence-electron chi connectivity index (χ2n) is 6.58. The number of rotatable bonds is 5. The molecule has 0 unspecified atom stereocenters. The monoisotopic (exact) mass is 340 g/mol. The van der Waals surface area contributed by atoms with Crippen LogP contribution < -0.4 is 11.1 Å². The molecule has 6 nitrogen and oxygen atoms in total. The number of amides is 2. The second kappa shape index (κ2) is 7.96. The first-order valence-electron chi connectivity index (χ1n) is 8.85. The molecule has 0 radical (unpaired) electrons. The van der Waals surface area contributed by atoms with Crippen molar-refractivity contribution in [1.82, 2.24) is 15.1 Å². The first kappa shape index (κ1) is 17.2. The first-order chi connectivity index (χ1) is 12.1. The van der Waals surface area contributed by atoms with Crippen LogP contribution in [0.4, 0.5) is 0 Å². The van der Waals surface area contributed by atoms with Gasteiger partial charge in [-0.15, -0.1) is 0 Å². The summed E-state index contributed by atoms with van der Waals surface area (Å²) >= 11 is 0. The lowest BCUT2D eigenvalue weighted by atomic mass is 10.1. The van der Waals surface area contributed by atoms with Gasteiger partial charge in [0.25, 0.3) is 5.91 Å². The summed E-state index contributed by atoms with van der Waals surface area (Å²) in [6.07, 6.45) is 8.44. The molecule has 1 aliphatic carbocycles. The van der Waals surface area contributed by atoms with E-state index in [1.807, 2.05) is 30.3 Å². The van der Waals surface area contributed by atoms with Gasteiger partial charge in [-0.3, -0.25) is 14.3 Å². The Morgan fingerprint density at radius 2 is 1.80 bits per heavy atom. The van der Waals surface area contributed by atoms with Gasteiger partial charge in [0.05, 0.1) is 5.56 Å². The standard InChI is InChI=1S/C19H24N4O2/c20-19(25)16-12-23(22-18(16)14-8-4-3-5-9-14)13-17(24)21-15-10-6-1-2-7-11-15/h3-5,8-9,12,15H,1-2,6-7,10-11,13H2,(H2,20,25)(H,21,24). The molecule has 2 aromatic rings. The number of hydrogen-bond acceptors (Lipinski definition) is 3. The number of nitrogens with two attached hydrogens (primary N) is 1. The smallest absolute Gasteiger partial charge is 0.252 e. The van der Waals surface area contributed by atoms with Gasteiger partial charge in [0.2, 0.25) is 5.91 Å². The average molecular weight is 340 g/mol. The van der Waals surface area contributed by atoms with Crippen molar-refractivity contribution in [2.45, 2.75) is 51.1 Å². The van der Waals surface area contributed by atoms with Gasteiger partial charge in [0.1, 0.15) is 12.2 Å². The van der Waals surface area contributed by atoms with Crippen LogP contribution in [0.5, 0.6) is 0 Å². The van der Waals surface area contributed by atoms with E-state index in [1.165, 1.54) is 17.5 Å². The SMILES string of the molecule is NC(=O)c1cn(CC(=O)NC2CCCCCC2)nc1-c1ccccc1. The third-order valence-corrected chi connectivity index (χ3v) is 4.60. The summed E-state index contributed by atoms with van der Waals surface area (Å²) in [7, 11) is 0. The molecule has 0 saturated heterocycles. The van der Waals surface area contributed by atoms with Crippen molar-refractivity contribution in [1.29, 1.82) is 0 Å². The normalized spacial score (nSPS) is 15.5. The van der Waals surface area contributed by atoms with Gasteiger partial charge in [-0.2, -0.15) is 5.10 Å². The summed E-state index contributed by atoms with van der Waals surface area (Å²) in [5, 5.41) is 7.50. The summed E-state index contributed by atoms with van der Waals surface area (Å²) in [6.45, 7) is 0.0869. The molecule has 1 saturated carbocycles. The minimum Gasteiger partial charge on any atom is -0.365 e. The number of nitrogens with zero attached hydrogens (tertiary/aromatic N) is 2. The van der Waals surface area contributed by atoms with E-state index >= 15 is 0 Å². The van der Waals surface area contributed by atoms with Crippen molar-refractivity contribution in [2.75, 3.05) is 0 Å². The highest BCUT2D eigenvalue weighted by Crippen LogP contribution is 2.21. The molecule has 3 N–H and O–H groups in total. The number of carbonyl (C=O) groups is 2. The summed E-state index contributed by atoms with van der Waals surface area (Å²) in [5.74, 6) is -0.626. The van der Waals surface area contributed by atoms with E-state index in [2.05, 4.69) is 10.4 Å². The number of benzene rings is 1. The Hall–Kier alpha value is -2.63. The number of aromatic nitrogens is 2. The van der Waals surface area contributed by atoms with Gasteiger partial charge in [-0.1, -0.05) is 56.0 Å². The maximum atomic E-state index is 12.3. The van der Waals surface area contributed by atoms with E-state index < -0.39 is 5.91 Å². The van der Waals surface area contributed by atoms with E-state index in [1.54, 1.807) is 6.20 Å². The van der Waals surface area contributed by atoms with Crippen molar-refractivity contribution in [2.24, 2.45) is 5.73 Å². The van der Waals surface area contributed by atoms with Crippen molar-refractivity contribution in [3.8, 4) is 11.3 Å². The highest BCUT2D eigenvalue weighted by molar-refractivity contribution is 5.98. The van der Waals surface area contributed by atoms with Crippen molar-refractivity contribution < 1.29 is 9.59 Å². The topological polar surface area (TPSA) is 90.0 Å². The molecule has 1 aromatic heterocycles. The van der Waals surface area contributed by atoms with Crippen LogP contribution in [0.3, 0.4) is 0 Å². The predicted octanol–water partition coefficient (Wildman–Crippen LogP) is 2.49. The molecule has 2 amide bonds. The quantitative estimate of drug-likeness (QED) is 0.819. The average Bonchev–Trinajstić information content (AvgIpc) is 2.85. The molecule has 1 aromatic carbocycles. The zero-order chi connectivity index (χ0) is 17.6. The van der Waals surface area contributed by atoms with Crippen molar-refractivity contribution in [3.05, 3.63) is 42.1 Å². The van der Waals surface area contributed by atoms with Gasteiger partial charge < -0.3 is 11.1 Å². The molecule has 1 fully saturated rings. The third kappa shape index (κ3) is 4.47. The largest absolute Gasteiger partial charge is 0.365 e. The zero-order valence-electron chi connectivity index (χ0n) is 14.3. The summed E-state index contributed by atoms with van der Waals surface area (Å²) in [4.78, 5) is 24.0. The Morgan fingerprint density at radius 1 is 1.12 bits per heavy atom. The number of hydrogen-bond donors (Lipinski definition) is 2. The fraction of sp³-hybridized carbons (Fsp3) is 0.421. The molecule has 0 atom stereocenters. The van der Waals surface area contributed by atoms with E-state index in [0.717, 1.165) is 31.2 Å². The highest BCUT2D eigenvalue weighted by Gasteiger charge is 2.18. The summed E-state index contributed by atoms with van der Waals surface area (Å²) < 4.78 is 1.49. The molecule has 0 spiro atoms. The van der Waals surface area contributed by atoms with Gasteiger partial charge in [0.15, 0.2) is 0 Å². The van der Waals surface area contributed by atoms with Crippen LogP contribution in [-0.4, -0.2) is 27.6 Å². The minimum atomic E-state index is -0.547. The fourth-order valence-corrected chi connectivity index (χ4v) is 3.34. The van der Waals surface area contributed by atoms with Crippen LogP contribution in [0, 0.1) is 0 Å². The van der Waals surface area contributed by atoms with E-state index in [0.29, 0.717) is 11.3 Å². The summed E-state index contributed by atoms with van der Waals surface area (Å²) in [6, 6.07) is 9.62. The van der Waals surface area contributed by atoms with Crippen LogP contribution in [0.25, 0.3) is 11.3 Å². The molecule has 0 aliphatic heterocycles. The summed E-state index contributed by atoms with van der Waals surface area (Å²) in [5.41, 5.74) is 7.11. The third-order valence-electron chi connectivity index (χ3n) is 4.60. The lowest BCUT2D eigenvalue weighted by Gasteiger charge is -2.16. The predicted molar refractivity (Wildman–Crippen MR) is 95.8 cm³/mol. The molecular weight excluding hydrogens is 316 g/mol. The molecule has 25 heavy (non-hydrogen) atoms. The van der Waals surface area contributed by atoms with Crippen molar-refractivity contribution >= 4 is 11.8 Å². The Labute approximate surface area is 147 Å². The molecule has 132 valence electrons. The van der Waals surface area contributed by atoms with Crippen LogP contribution in [0.2, 0.25) is 0 Å². The minimum absolute atomic E-state index is 0.0787. The van der Waals surface area contributed by atoms with Crippen LogP contribution >= 0.6 is 0 Å². The molecule has 1 heterocycles. The zero-order valence-corrected chi connectivity index (χ0v) is 14.3. The Kier molecular flexibility index (Phi) is 5.48. The first-order valence-corrected chi connectivity index (χ1v) is 8.85.